The molecule has 2 aliphatic rings. The zero-order valence-electron chi connectivity index (χ0n) is 16.5. The van der Waals surface area contributed by atoms with E-state index in [-0.39, 0.29) is 0 Å². The molecule has 0 bridgehead atoms. The Balaban J connectivity index is 1.73. The van der Waals surface area contributed by atoms with Gasteiger partial charge in [0.05, 0.1) is 12.2 Å². The van der Waals surface area contributed by atoms with Crippen molar-refractivity contribution in [2.24, 2.45) is 0 Å². The molecule has 0 saturated carbocycles. The van der Waals surface area contributed by atoms with Gasteiger partial charge in [0.2, 0.25) is 0 Å². The number of anilines is 2. The minimum absolute atomic E-state index is 0.553. The van der Waals surface area contributed by atoms with Gasteiger partial charge < -0.3 is 50.7 Å². The number of aryl methyl sites for hydroxylation is 1. The molecule has 0 unspecified atom stereocenters. The summed E-state index contributed by atoms with van der Waals surface area (Å²) >= 11 is 0. The van der Waals surface area contributed by atoms with Crippen molar-refractivity contribution in [2.75, 3.05) is 10.6 Å². The summed E-state index contributed by atoms with van der Waals surface area (Å²) in [5, 5.41) is 65.9. The van der Waals surface area contributed by atoms with Crippen LogP contribution in [-0.4, -0.2) is 91.9 Å². The molecule has 0 spiro atoms. The standard InChI is InChI=1S/C19H30N2O8/c1-7-4-5-10(20-18-16(26)14(24)12(22)8(2)28-18)6-11(7)21-19-17(27)15(25)13(23)9(3)29-19/h4-6,8-9,12-27H,1-3H3/t8-,9-,12+,13+,14+,15+,16+,17-,18-,19-/m1/s1. The minimum Gasteiger partial charge on any atom is -0.388 e. The normalized spacial score (nSPS) is 43.1. The zero-order chi connectivity index (χ0) is 21.5. The van der Waals surface area contributed by atoms with Crippen LogP contribution in [0.15, 0.2) is 18.2 Å². The highest BCUT2D eigenvalue weighted by Crippen LogP contribution is 2.28. The number of hydrogen-bond donors (Lipinski definition) is 8. The summed E-state index contributed by atoms with van der Waals surface area (Å²) in [5.41, 5.74) is 1.97. The summed E-state index contributed by atoms with van der Waals surface area (Å²) in [5.74, 6) is 0. The first-order valence-electron chi connectivity index (χ1n) is 9.63. The summed E-state index contributed by atoms with van der Waals surface area (Å²) < 4.78 is 11.1. The van der Waals surface area contributed by atoms with E-state index in [1.165, 1.54) is 0 Å². The third-order valence-electron chi connectivity index (χ3n) is 5.55. The zero-order valence-corrected chi connectivity index (χ0v) is 16.5. The van der Waals surface area contributed by atoms with Gasteiger partial charge in [-0.05, 0) is 38.5 Å². The lowest BCUT2D eigenvalue weighted by molar-refractivity contribution is -0.209. The number of aliphatic hydroxyl groups excluding tert-OH is 6. The van der Waals surface area contributed by atoms with Crippen LogP contribution >= 0.6 is 0 Å². The molecule has 10 nitrogen and oxygen atoms in total. The number of rotatable bonds is 4. The molecule has 2 heterocycles. The molecule has 10 atom stereocenters. The number of nitrogens with one attached hydrogen (secondary N) is 2. The molecule has 164 valence electrons. The SMILES string of the molecule is Cc1ccc(N[C@@H]2O[C@H](C)[C@H](O)[C@H](O)[C@@H]2O)cc1N[C@@H]1O[C@H](C)[C@H](O)[C@H](O)[C@H]1O. The number of ether oxygens (including phenoxy) is 2. The van der Waals surface area contributed by atoms with Gasteiger partial charge in [-0.2, -0.15) is 0 Å². The lowest BCUT2D eigenvalue weighted by Gasteiger charge is -2.40. The molecule has 0 amide bonds. The quantitative estimate of drug-likeness (QED) is 0.290. The number of aliphatic hydroxyl groups is 6. The highest BCUT2D eigenvalue weighted by molar-refractivity contribution is 5.61. The van der Waals surface area contributed by atoms with Crippen LogP contribution in [0.3, 0.4) is 0 Å². The molecule has 8 N–H and O–H groups in total. The Morgan fingerprint density at radius 1 is 0.690 bits per heavy atom. The first-order valence-corrected chi connectivity index (χ1v) is 9.63. The second kappa shape index (κ2) is 8.70. The van der Waals surface area contributed by atoms with E-state index in [0.29, 0.717) is 11.4 Å². The molecular weight excluding hydrogens is 384 g/mol. The predicted molar refractivity (Wildman–Crippen MR) is 103 cm³/mol. The fraction of sp³-hybridized carbons (Fsp3) is 0.684. The molecule has 3 rings (SSSR count). The van der Waals surface area contributed by atoms with Crippen molar-refractivity contribution >= 4 is 11.4 Å². The molecule has 0 radical (unpaired) electrons. The molecule has 10 heteroatoms. The van der Waals surface area contributed by atoms with E-state index < -0.39 is 61.3 Å². The molecular formula is C19H30N2O8. The maximum atomic E-state index is 10.2. The highest BCUT2D eigenvalue weighted by Gasteiger charge is 2.43. The van der Waals surface area contributed by atoms with Crippen LogP contribution in [0.2, 0.25) is 0 Å². The van der Waals surface area contributed by atoms with Crippen LogP contribution in [-0.2, 0) is 9.47 Å². The monoisotopic (exact) mass is 414 g/mol. The van der Waals surface area contributed by atoms with Crippen molar-refractivity contribution in [3.63, 3.8) is 0 Å². The highest BCUT2D eigenvalue weighted by atomic mass is 16.6. The second-order valence-electron chi connectivity index (χ2n) is 7.79. The number of benzene rings is 1. The summed E-state index contributed by atoms with van der Waals surface area (Å²) in [6.07, 6.45) is -11.0. The Bertz CT molecular complexity index is 707. The van der Waals surface area contributed by atoms with Crippen LogP contribution in [0.4, 0.5) is 11.4 Å². The fourth-order valence-corrected chi connectivity index (χ4v) is 3.53. The Hall–Kier alpha value is -1.50. The van der Waals surface area contributed by atoms with E-state index in [1.807, 2.05) is 6.92 Å². The van der Waals surface area contributed by atoms with Gasteiger partial charge in [-0.25, -0.2) is 0 Å². The summed E-state index contributed by atoms with van der Waals surface area (Å²) in [7, 11) is 0. The van der Waals surface area contributed by atoms with Crippen molar-refractivity contribution < 1.29 is 40.1 Å². The Morgan fingerprint density at radius 2 is 1.17 bits per heavy atom. The van der Waals surface area contributed by atoms with E-state index in [4.69, 9.17) is 9.47 Å². The van der Waals surface area contributed by atoms with Gasteiger partial charge in [0.15, 0.2) is 12.5 Å². The van der Waals surface area contributed by atoms with Crippen LogP contribution in [0.25, 0.3) is 0 Å². The Labute approximate surface area is 168 Å². The third kappa shape index (κ3) is 4.49. The van der Waals surface area contributed by atoms with E-state index in [1.54, 1.807) is 32.0 Å². The summed E-state index contributed by atoms with van der Waals surface area (Å²) in [6.45, 7) is 5.03. The van der Waals surface area contributed by atoms with Gasteiger partial charge in [-0.15, -0.1) is 0 Å². The molecule has 1 aromatic carbocycles. The van der Waals surface area contributed by atoms with Crippen molar-refractivity contribution in [1.82, 2.24) is 0 Å². The van der Waals surface area contributed by atoms with Gasteiger partial charge in [-0.3, -0.25) is 0 Å². The molecule has 0 aromatic heterocycles. The van der Waals surface area contributed by atoms with Crippen molar-refractivity contribution in [3.05, 3.63) is 23.8 Å². The van der Waals surface area contributed by atoms with E-state index in [0.717, 1.165) is 5.56 Å². The van der Waals surface area contributed by atoms with Crippen LogP contribution in [0.5, 0.6) is 0 Å². The van der Waals surface area contributed by atoms with Crippen LogP contribution in [0, 0.1) is 6.92 Å². The largest absolute Gasteiger partial charge is 0.388 e. The minimum atomic E-state index is -1.35. The predicted octanol–water partition coefficient (Wildman–Crippen LogP) is -1.53. The molecule has 2 aliphatic heterocycles. The molecule has 2 fully saturated rings. The lowest BCUT2D eigenvalue weighted by Crippen LogP contribution is -2.59. The van der Waals surface area contributed by atoms with Crippen molar-refractivity contribution in [1.29, 1.82) is 0 Å². The molecule has 0 aliphatic carbocycles. The average molecular weight is 414 g/mol. The van der Waals surface area contributed by atoms with E-state index >= 15 is 0 Å². The topological polar surface area (TPSA) is 164 Å². The van der Waals surface area contributed by atoms with Crippen molar-refractivity contribution in [2.45, 2.75) is 82.1 Å². The van der Waals surface area contributed by atoms with Gasteiger partial charge in [0.25, 0.3) is 0 Å². The first-order chi connectivity index (χ1) is 13.6. The Kier molecular flexibility index (Phi) is 6.66. The van der Waals surface area contributed by atoms with E-state index in [9.17, 15) is 30.6 Å². The maximum absolute atomic E-state index is 10.2. The third-order valence-corrected chi connectivity index (χ3v) is 5.55. The van der Waals surface area contributed by atoms with Gasteiger partial charge in [-0.1, -0.05) is 6.07 Å². The summed E-state index contributed by atoms with van der Waals surface area (Å²) in [6, 6.07) is 5.24. The molecule has 2 saturated heterocycles. The lowest BCUT2D eigenvalue weighted by atomic mass is 9.98. The van der Waals surface area contributed by atoms with E-state index in [2.05, 4.69) is 10.6 Å². The van der Waals surface area contributed by atoms with Gasteiger partial charge >= 0.3 is 0 Å². The van der Waals surface area contributed by atoms with Crippen LogP contribution < -0.4 is 10.6 Å². The fourth-order valence-electron chi connectivity index (χ4n) is 3.53. The number of hydrogen-bond acceptors (Lipinski definition) is 10. The maximum Gasteiger partial charge on any atom is 0.157 e. The second-order valence-corrected chi connectivity index (χ2v) is 7.79. The smallest absolute Gasteiger partial charge is 0.157 e. The van der Waals surface area contributed by atoms with Crippen molar-refractivity contribution in [3.8, 4) is 0 Å². The van der Waals surface area contributed by atoms with Gasteiger partial charge in [0.1, 0.15) is 36.6 Å². The molecule has 1 aromatic rings. The van der Waals surface area contributed by atoms with Gasteiger partial charge in [0, 0.05) is 11.4 Å². The molecule has 29 heavy (non-hydrogen) atoms. The first kappa shape index (κ1) is 22.2. The van der Waals surface area contributed by atoms with Crippen LogP contribution in [0.1, 0.15) is 19.4 Å². The Morgan fingerprint density at radius 3 is 1.69 bits per heavy atom. The average Bonchev–Trinajstić information content (AvgIpc) is 2.69. The summed E-state index contributed by atoms with van der Waals surface area (Å²) in [4.78, 5) is 0.